The predicted octanol–water partition coefficient (Wildman–Crippen LogP) is 3.79. The fraction of sp³-hybridized carbons (Fsp3) is 0.391. The maximum atomic E-state index is 13.2. The highest BCUT2D eigenvalue weighted by Crippen LogP contribution is 2.21. The summed E-state index contributed by atoms with van der Waals surface area (Å²) in [5, 5.41) is 5.63. The summed E-state index contributed by atoms with van der Waals surface area (Å²) in [6.07, 6.45) is 1.69. The molecule has 0 bridgehead atoms. The Hall–Kier alpha value is -2.89. The third-order valence-electron chi connectivity index (χ3n) is 4.60. The van der Waals surface area contributed by atoms with Gasteiger partial charge in [0.05, 0.1) is 19.7 Å². The third-order valence-corrected chi connectivity index (χ3v) is 4.60. The first kappa shape index (κ1) is 22.4. The molecular weight excluding hydrogens is 371 g/mol. The summed E-state index contributed by atoms with van der Waals surface area (Å²) in [7, 11) is 1.59. The number of carbonyl (C=O) groups excluding carboxylic acids is 2. The van der Waals surface area contributed by atoms with E-state index in [1.165, 1.54) is 12.1 Å². The number of hydrogen-bond donors (Lipinski definition) is 2. The Labute approximate surface area is 171 Å². The minimum atomic E-state index is -0.313. The average Bonchev–Trinajstić information content (AvgIpc) is 2.72. The van der Waals surface area contributed by atoms with Gasteiger partial charge in [0, 0.05) is 6.42 Å². The van der Waals surface area contributed by atoms with Crippen molar-refractivity contribution in [2.24, 2.45) is 5.92 Å². The second-order valence-corrected chi connectivity index (χ2v) is 7.43. The third kappa shape index (κ3) is 7.94. The van der Waals surface area contributed by atoms with Crippen LogP contribution in [0.4, 0.5) is 4.39 Å². The van der Waals surface area contributed by atoms with E-state index < -0.39 is 0 Å². The molecule has 1 atom stereocenters. The zero-order chi connectivity index (χ0) is 21.2. The van der Waals surface area contributed by atoms with E-state index in [9.17, 15) is 14.0 Å². The zero-order valence-corrected chi connectivity index (χ0v) is 17.2. The van der Waals surface area contributed by atoms with Crippen LogP contribution < -0.4 is 15.4 Å². The molecule has 0 saturated carbocycles. The van der Waals surface area contributed by atoms with E-state index in [2.05, 4.69) is 24.5 Å². The summed E-state index contributed by atoms with van der Waals surface area (Å²) in [6.45, 7) is 4.02. The minimum absolute atomic E-state index is 0.0764. The normalized spacial score (nSPS) is 11.8. The molecule has 0 aliphatic rings. The quantitative estimate of drug-likeness (QED) is 0.638. The molecule has 0 spiro atoms. The van der Waals surface area contributed by atoms with Gasteiger partial charge in [-0.15, -0.1) is 0 Å². The molecule has 2 amide bonds. The lowest BCUT2D eigenvalue weighted by Crippen LogP contribution is -2.39. The lowest BCUT2D eigenvalue weighted by Gasteiger charge is -2.20. The van der Waals surface area contributed by atoms with Gasteiger partial charge in [0.2, 0.25) is 11.8 Å². The number of hydrogen-bond acceptors (Lipinski definition) is 3. The van der Waals surface area contributed by atoms with Crippen molar-refractivity contribution >= 4 is 11.8 Å². The standard InChI is InChI=1S/C23H29FN2O3/c1-16(2)4-13-22(27)25-15-23(28)26-21(14-17-5-9-19(24)10-6-17)18-7-11-20(29-3)12-8-18/h5-12,16,21H,4,13-15H2,1-3H3,(H,25,27)(H,26,28). The second kappa shape index (κ2) is 11.2. The number of methoxy groups -OCH3 is 1. The average molecular weight is 400 g/mol. The van der Waals surface area contributed by atoms with Crippen molar-refractivity contribution in [2.75, 3.05) is 13.7 Å². The van der Waals surface area contributed by atoms with Gasteiger partial charge in [-0.3, -0.25) is 9.59 Å². The Morgan fingerprint density at radius 1 is 1.00 bits per heavy atom. The molecule has 1 unspecified atom stereocenters. The van der Waals surface area contributed by atoms with Crippen LogP contribution in [0.3, 0.4) is 0 Å². The fourth-order valence-corrected chi connectivity index (χ4v) is 2.88. The van der Waals surface area contributed by atoms with Gasteiger partial charge in [-0.25, -0.2) is 4.39 Å². The van der Waals surface area contributed by atoms with E-state index in [0.717, 1.165) is 23.3 Å². The highest BCUT2D eigenvalue weighted by Gasteiger charge is 2.16. The Morgan fingerprint density at radius 2 is 1.66 bits per heavy atom. The lowest BCUT2D eigenvalue weighted by molar-refractivity contribution is -0.126. The van der Waals surface area contributed by atoms with Crippen molar-refractivity contribution in [3.63, 3.8) is 0 Å². The first-order valence-electron chi connectivity index (χ1n) is 9.82. The van der Waals surface area contributed by atoms with Crippen LogP contribution in [-0.2, 0) is 16.0 Å². The van der Waals surface area contributed by atoms with Gasteiger partial charge < -0.3 is 15.4 Å². The van der Waals surface area contributed by atoms with Crippen molar-refractivity contribution in [2.45, 2.75) is 39.2 Å². The predicted molar refractivity (Wildman–Crippen MR) is 111 cm³/mol. The number of nitrogens with one attached hydrogen (secondary N) is 2. The monoisotopic (exact) mass is 400 g/mol. The number of carbonyl (C=O) groups is 2. The molecule has 2 aromatic carbocycles. The maximum Gasteiger partial charge on any atom is 0.239 e. The molecule has 29 heavy (non-hydrogen) atoms. The number of halogens is 1. The maximum absolute atomic E-state index is 13.2. The van der Waals surface area contributed by atoms with Crippen molar-refractivity contribution in [1.82, 2.24) is 10.6 Å². The summed E-state index contributed by atoms with van der Waals surface area (Å²) >= 11 is 0. The summed E-state index contributed by atoms with van der Waals surface area (Å²) in [5.41, 5.74) is 1.79. The van der Waals surface area contributed by atoms with Gasteiger partial charge in [0.25, 0.3) is 0 Å². The van der Waals surface area contributed by atoms with Crippen molar-refractivity contribution in [3.8, 4) is 5.75 Å². The van der Waals surface area contributed by atoms with Crippen LogP contribution in [0, 0.1) is 11.7 Å². The Kier molecular flexibility index (Phi) is 8.65. The molecule has 0 aliphatic heterocycles. The molecule has 6 heteroatoms. The van der Waals surface area contributed by atoms with Crippen molar-refractivity contribution < 1.29 is 18.7 Å². The number of ether oxygens (including phenoxy) is 1. The topological polar surface area (TPSA) is 67.4 Å². The summed E-state index contributed by atoms with van der Waals surface area (Å²) in [4.78, 5) is 24.3. The molecule has 0 aromatic heterocycles. The van der Waals surface area contributed by atoms with Gasteiger partial charge in [-0.05, 0) is 54.2 Å². The molecule has 5 nitrogen and oxygen atoms in total. The van der Waals surface area contributed by atoms with E-state index >= 15 is 0 Å². The molecular formula is C23H29FN2O3. The molecule has 156 valence electrons. The largest absolute Gasteiger partial charge is 0.497 e. The van der Waals surface area contributed by atoms with Crippen molar-refractivity contribution in [3.05, 3.63) is 65.5 Å². The van der Waals surface area contributed by atoms with Gasteiger partial charge >= 0.3 is 0 Å². The van der Waals surface area contributed by atoms with E-state index in [0.29, 0.717) is 18.8 Å². The molecule has 2 N–H and O–H groups in total. The van der Waals surface area contributed by atoms with E-state index in [1.54, 1.807) is 19.2 Å². The molecule has 0 fully saturated rings. The van der Waals surface area contributed by atoms with E-state index in [1.807, 2.05) is 24.3 Å². The SMILES string of the molecule is COc1ccc(C(Cc2ccc(F)cc2)NC(=O)CNC(=O)CCC(C)C)cc1. The zero-order valence-electron chi connectivity index (χ0n) is 17.2. The minimum Gasteiger partial charge on any atom is -0.497 e. The number of amides is 2. The highest BCUT2D eigenvalue weighted by molar-refractivity contribution is 5.84. The van der Waals surface area contributed by atoms with Gasteiger partial charge in [-0.2, -0.15) is 0 Å². The Morgan fingerprint density at radius 3 is 2.24 bits per heavy atom. The first-order chi connectivity index (χ1) is 13.9. The molecule has 2 rings (SSSR count). The van der Waals surface area contributed by atoms with Crippen LogP contribution in [0.1, 0.15) is 43.9 Å². The number of benzene rings is 2. The van der Waals surface area contributed by atoms with Crippen LogP contribution in [0.15, 0.2) is 48.5 Å². The summed E-state index contributed by atoms with van der Waals surface area (Å²) in [6, 6.07) is 13.3. The first-order valence-corrected chi connectivity index (χ1v) is 9.82. The molecule has 0 heterocycles. The van der Waals surface area contributed by atoms with Crippen LogP contribution in [-0.4, -0.2) is 25.5 Å². The van der Waals surface area contributed by atoms with Crippen LogP contribution in [0.5, 0.6) is 5.75 Å². The van der Waals surface area contributed by atoms with Crippen LogP contribution in [0.2, 0.25) is 0 Å². The number of rotatable bonds is 10. The summed E-state index contributed by atoms with van der Waals surface area (Å²) < 4.78 is 18.4. The van der Waals surface area contributed by atoms with Gasteiger partial charge in [0.15, 0.2) is 0 Å². The van der Waals surface area contributed by atoms with E-state index in [-0.39, 0.29) is 30.2 Å². The molecule has 0 saturated heterocycles. The second-order valence-electron chi connectivity index (χ2n) is 7.43. The Bertz CT molecular complexity index is 789. The molecule has 0 radical (unpaired) electrons. The Balaban J connectivity index is 2.02. The molecule has 0 aliphatic carbocycles. The highest BCUT2D eigenvalue weighted by atomic mass is 19.1. The van der Waals surface area contributed by atoms with E-state index in [4.69, 9.17) is 4.74 Å². The lowest BCUT2D eigenvalue weighted by atomic mass is 9.98. The molecule has 2 aromatic rings. The smallest absolute Gasteiger partial charge is 0.239 e. The summed E-state index contributed by atoms with van der Waals surface area (Å²) in [5.74, 6) is 0.449. The van der Waals surface area contributed by atoms with Crippen molar-refractivity contribution in [1.29, 1.82) is 0 Å². The van der Waals surface area contributed by atoms with Gasteiger partial charge in [0.1, 0.15) is 11.6 Å². The van der Waals surface area contributed by atoms with Crippen LogP contribution in [0.25, 0.3) is 0 Å². The van der Waals surface area contributed by atoms with Crippen LogP contribution >= 0.6 is 0 Å². The van der Waals surface area contributed by atoms with Gasteiger partial charge in [-0.1, -0.05) is 38.1 Å². The fourth-order valence-electron chi connectivity index (χ4n) is 2.88.